The number of hydrogen-bond acceptors (Lipinski definition) is 5. The molecule has 0 saturated carbocycles. The Morgan fingerprint density at radius 3 is 2.58 bits per heavy atom. The molecule has 0 aliphatic carbocycles. The maximum Gasteiger partial charge on any atom is 0.272 e. The molecule has 0 aromatic rings. The summed E-state index contributed by atoms with van der Waals surface area (Å²) in [6.45, 7) is 0.436. The zero-order valence-corrected chi connectivity index (χ0v) is 8.15. The van der Waals surface area contributed by atoms with Crippen molar-refractivity contribution in [1.82, 2.24) is 0 Å². The van der Waals surface area contributed by atoms with E-state index in [-0.39, 0.29) is 6.04 Å². The molecule has 0 radical (unpaired) electrons. The maximum atomic E-state index is 9.60. The second kappa shape index (κ2) is 6.04. The van der Waals surface area contributed by atoms with E-state index in [9.17, 15) is 4.79 Å². The van der Waals surface area contributed by atoms with Crippen LogP contribution in [0.1, 0.15) is 6.42 Å². The Morgan fingerprint density at radius 2 is 2.08 bits per heavy atom. The molecule has 0 heterocycles. The van der Waals surface area contributed by atoms with Gasteiger partial charge in [0.05, 0.1) is 6.54 Å². The molecule has 0 aromatic heterocycles. The van der Waals surface area contributed by atoms with Crippen LogP contribution in [0.2, 0.25) is 12.1 Å². The van der Waals surface area contributed by atoms with E-state index in [0.29, 0.717) is 6.54 Å². The SMILES string of the molecule is O=C=NCCC[SiH2]CC(O)(O)O. The monoisotopic (exact) mass is 191 g/mol. The molecular formula is C6H13NO4Si. The number of rotatable bonds is 6. The van der Waals surface area contributed by atoms with Crippen LogP contribution in [0.3, 0.4) is 0 Å². The van der Waals surface area contributed by atoms with Crippen molar-refractivity contribution in [3.8, 4) is 0 Å². The van der Waals surface area contributed by atoms with Crippen molar-refractivity contribution in [2.45, 2.75) is 24.5 Å². The summed E-state index contributed by atoms with van der Waals surface area (Å²) in [4.78, 5) is 12.9. The summed E-state index contributed by atoms with van der Waals surface area (Å²) < 4.78 is 0. The summed E-state index contributed by atoms with van der Waals surface area (Å²) in [5.74, 6) is -2.50. The summed E-state index contributed by atoms with van der Waals surface area (Å²) in [5, 5.41) is 25.4. The van der Waals surface area contributed by atoms with Crippen LogP contribution in [0, 0.1) is 0 Å². The second-order valence-electron chi connectivity index (χ2n) is 2.56. The van der Waals surface area contributed by atoms with Gasteiger partial charge in [-0.25, -0.2) is 9.79 Å². The standard InChI is InChI=1S/C6H13NO4Si/c8-5-7-2-1-3-12-4-6(9,10)11/h9-11H,1-4,12H2. The predicted molar refractivity (Wildman–Crippen MR) is 45.2 cm³/mol. The van der Waals surface area contributed by atoms with Gasteiger partial charge in [0, 0.05) is 15.6 Å². The first kappa shape index (κ1) is 11.5. The van der Waals surface area contributed by atoms with Crippen LogP contribution in [-0.4, -0.2) is 43.4 Å². The Balaban J connectivity index is 3.16. The molecule has 3 N–H and O–H groups in total. The minimum atomic E-state index is -2.50. The van der Waals surface area contributed by atoms with Crippen molar-refractivity contribution in [3.63, 3.8) is 0 Å². The van der Waals surface area contributed by atoms with E-state index >= 15 is 0 Å². The van der Waals surface area contributed by atoms with Gasteiger partial charge in [-0.05, 0) is 6.42 Å². The molecule has 0 unspecified atom stereocenters. The van der Waals surface area contributed by atoms with Crippen LogP contribution < -0.4 is 0 Å². The average molecular weight is 191 g/mol. The predicted octanol–water partition coefficient (Wildman–Crippen LogP) is -1.65. The maximum absolute atomic E-state index is 9.60. The highest BCUT2D eigenvalue weighted by molar-refractivity contribution is 6.35. The molecule has 0 fully saturated rings. The van der Waals surface area contributed by atoms with E-state index in [0.717, 1.165) is 12.5 Å². The van der Waals surface area contributed by atoms with E-state index in [1.54, 1.807) is 0 Å². The van der Waals surface area contributed by atoms with Gasteiger partial charge in [0.25, 0.3) is 5.97 Å². The summed E-state index contributed by atoms with van der Waals surface area (Å²) in [7, 11) is -0.661. The van der Waals surface area contributed by atoms with Crippen molar-refractivity contribution in [1.29, 1.82) is 0 Å². The number of isocyanates is 1. The lowest BCUT2D eigenvalue weighted by Crippen LogP contribution is -2.28. The van der Waals surface area contributed by atoms with Crippen molar-refractivity contribution in [2.24, 2.45) is 4.99 Å². The quantitative estimate of drug-likeness (QED) is 0.154. The third-order valence-corrected chi connectivity index (χ3v) is 3.37. The molecule has 0 bridgehead atoms. The zero-order chi connectivity index (χ0) is 9.45. The first-order valence-corrected chi connectivity index (χ1v) is 5.77. The van der Waals surface area contributed by atoms with Crippen molar-refractivity contribution in [3.05, 3.63) is 0 Å². The van der Waals surface area contributed by atoms with Crippen molar-refractivity contribution in [2.75, 3.05) is 6.54 Å². The van der Waals surface area contributed by atoms with Crippen LogP contribution in [-0.2, 0) is 4.79 Å². The first-order chi connectivity index (χ1) is 5.56. The van der Waals surface area contributed by atoms with Crippen LogP contribution in [0.5, 0.6) is 0 Å². The summed E-state index contributed by atoms with van der Waals surface area (Å²) >= 11 is 0. The minimum Gasteiger partial charge on any atom is -0.344 e. The van der Waals surface area contributed by atoms with Crippen LogP contribution in [0.15, 0.2) is 4.99 Å². The number of aliphatic imine (C=N–C) groups is 1. The lowest BCUT2D eigenvalue weighted by molar-refractivity contribution is -0.296. The number of hydrogen-bond donors (Lipinski definition) is 3. The Labute approximate surface area is 72.6 Å². The van der Waals surface area contributed by atoms with Gasteiger partial charge < -0.3 is 15.3 Å². The molecule has 5 nitrogen and oxygen atoms in total. The molecule has 6 heteroatoms. The lowest BCUT2D eigenvalue weighted by atomic mass is 10.5. The van der Waals surface area contributed by atoms with E-state index in [4.69, 9.17) is 15.3 Å². The second-order valence-corrected chi connectivity index (χ2v) is 4.47. The van der Waals surface area contributed by atoms with Crippen LogP contribution in [0.4, 0.5) is 0 Å². The molecule has 0 spiro atoms. The van der Waals surface area contributed by atoms with Gasteiger partial charge in [0.2, 0.25) is 6.08 Å². The highest BCUT2D eigenvalue weighted by Gasteiger charge is 2.16. The molecule has 0 rings (SSSR count). The van der Waals surface area contributed by atoms with E-state index < -0.39 is 15.5 Å². The lowest BCUT2D eigenvalue weighted by Gasteiger charge is -2.12. The van der Waals surface area contributed by atoms with Gasteiger partial charge in [0.15, 0.2) is 0 Å². The summed E-state index contributed by atoms with van der Waals surface area (Å²) in [6.07, 6.45) is 2.16. The summed E-state index contributed by atoms with van der Waals surface area (Å²) in [5.41, 5.74) is 0. The smallest absolute Gasteiger partial charge is 0.272 e. The largest absolute Gasteiger partial charge is 0.344 e. The Hall–Kier alpha value is -0.523. The zero-order valence-electron chi connectivity index (χ0n) is 6.73. The fraction of sp³-hybridized carbons (Fsp3) is 0.833. The molecular weight excluding hydrogens is 178 g/mol. The molecule has 0 amide bonds. The Morgan fingerprint density at radius 1 is 1.42 bits per heavy atom. The number of aliphatic hydroxyl groups is 3. The van der Waals surface area contributed by atoms with E-state index in [2.05, 4.69) is 4.99 Å². The normalized spacial score (nSPS) is 11.9. The van der Waals surface area contributed by atoms with E-state index in [1.807, 2.05) is 0 Å². The highest BCUT2D eigenvalue weighted by Crippen LogP contribution is 2.02. The summed E-state index contributed by atoms with van der Waals surface area (Å²) in [6, 6.07) is 0.881. The molecule has 0 aliphatic rings. The van der Waals surface area contributed by atoms with Gasteiger partial charge >= 0.3 is 0 Å². The first-order valence-electron chi connectivity index (χ1n) is 3.77. The third-order valence-electron chi connectivity index (χ3n) is 1.35. The van der Waals surface area contributed by atoms with Crippen LogP contribution in [0.25, 0.3) is 0 Å². The number of carbonyl (C=O) groups excluding carboxylic acids is 1. The van der Waals surface area contributed by atoms with Crippen LogP contribution >= 0.6 is 0 Å². The Kier molecular flexibility index (Phi) is 5.78. The Bertz CT molecular complexity index is 161. The van der Waals surface area contributed by atoms with Gasteiger partial charge in [-0.2, -0.15) is 0 Å². The highest BCUT2D eigenvalue weighted by atomic mass is 28.2. The fourth-order valence-electron chi connectivity index (χ4n) is 0.775. The molecule has 0 saturated heterocycles. The molecule has 0 atom stereocenters. The van der Waals surface area contributed by atoms with E-state index in [1.165, 1.54) is 6.08 Å². The topological polar surface area (TPSA) is 90.1 Å². The van der Waals surface area contributed by atoms with Gasteiger partial charge in [-0.1, -0.05) is 6.04 Å². The molecule has 70 valence electrons. The fourth-order valence-corrected chi connectivity index (χ4v) is 2.08. The van der Waals surface area contributed by atoms with Crippen molar-refractivity contribution < 1.29 is 20.1 Å². The molecule has 12 heavy (non-hydrogen) atoms. The molecule has 0 aromatic carbocycles. The van der Waals surface area contributed by atoms with Gasteiger partial charge in [0.1, 0.15) is 0 Å². The average Bonchev–Trinajstić information content (AvgIpc) is 1.94. The van der Waals surface area contributed by atoms with Gasteiger partial charge in [-0.15, -0.1) is 0 Å². The molecule has 0 aliphatic heterocycles. The number of nitrogens with zero attached hydrogens (tertiary/aromatic N) is 1. The van der Waals surface area contributed by atoms with Crippen molar-refractivity contribution >= 4 is 15.6 Å². The van der Waals surface area contributed by atoms with Gasteiger partial charge in [-0.3, -0.25) is 0 Å². The third kappa shape index (κ3) is 9.48. The minimum absolute atomic E-state index is 0.0534.